The molecule has 11 heavy (non-hydrogen) atoms. The Balaban J connectivity index is 4.45. The minimum atomic E-state index is -1.12. The highest BCUT2D eigenvalue weighted by molar-refractivity contribution is 5.89. The van der Waals surface area contributed by atoms with Crippen molar-refractivity contribution in [3.05, 3.63) is 23.5 Å². The SMILES string of the molecule is N/C=C(\C=C(/N)CN)C(=O)O. The fraction of sp³-hybridized carbons (Fsp3) is 0.167. The van der Waals surface area contributed by atoms with Gasteiger partial charge in [0.2, 0.25) is 0 Å². The summed E-state index contributed by atoms with van der Waals surface area (Å²) in [5, 5.41) is 8.43. The third kappa shape index (κ3) is 3.27. The Bertz CT molecular complexity index is 208. The van der Waals surface area contributed by atoms with Gasteiger partial charge in [0.1, 0.15) is 0 Å². The van der Waals surface area contributed by atoms with Crippen molar-refractivity contribution in [2.24, 2.45) is 17.2 Å². The van der Waals surface area contributed by atoms with Gasteiger partial charge in [-0.15, -0.1) is 0 Å². The first-order chi connectivity index (χ1) is 5.11. The first kappa shape index (κ1) is 9.51. The first-order valence-electron chi connectivity index (χ1n) is 2.93. The summed E-state index contributed by atoms with van der Waals surface area (Å²) < 4.78 is 0. The van der Waals surface area contributed by atoms with Crippen molar-refractivity contribution in [2.75, 3.05) is 6.54 Å². The fourth-order valence-corrected chi connectivity index (χ4v) is 0.440. The maximum atomic E-state index is 10.3. The van der Waals surface area contributed by atoms with Gasteiger partial charge in [-0.1, -0.05) is 0 Å². The van der Waals surface area contributed by atoms with Gasteiger partial charge in [0.15, 0.2) is 0 Å². The van der Waals surface area contributed by atoms with E-state index in [-0.39, 0.29) is 17.8 Å². The minimum Gasteiger partial charge on any atom is -0.478 e. The molecule has 5 nitrogen and oxygen atoms in total. The lowest BCUT2D eigenvalue weighted by molar-refractivity contribution is -0.132. The molecule has 0 spiro atoms. The molecule has 5 heteroatoms. The van der Waals surface area contributed by atoms with Gasteiger partial charge in [-0.3, -0.25) is 0 Å². The Morgan fingerprint density at radius 3 is 2.36 bits per heavy atom. The molecule has 0 atom stereocenters. The molecule has 0 aliphatic rings. The van der Waals surface area contributed by atoms with Gasteiger partial charge in [0.25, 0.3) is 0 Å². The van der Waals surface area contributed by atoms with Gasteiger partial charge in [0, 0.05) is 18.4 Å². The summed E-state index contributed by atoms with van der Waals surface area (Å²) in [6, 6.07) is 0. The van der Waals surface area contributed by atoms with Crippen molar-refractivity contribution in [2.45, 2.75) is 0 Å². The van der Waals surface area contributed by atoms with Crippen molar-refractivity contribution in [3.8, 4) is 0 Å². The number of hydrogen-bond acceptors (Lipinski definition) is 4. The summed E-state index contributed by atoms with van der Waals surface area (Å²) in [7, 11) is 0. The van der Waals surface area contributed by atoms with Crippen LogP contribution < -0.4 is 17.2 Å². The Morgan fingerprint density at radius 1 is 1.55 bits per heavy atom. The number of aliphatic carboxylic acids is 1. The van der Waals surface area contributed by atoms with Crippen LogP contribution in [0.5, 0.6) is 0 Å². The number of nitrogens with two attached hydrogens (primary N) is 3. The normalized spacial score (nSPS) is 13.2. The standard InChI is InChI=1S/C6H11N3O2/c7-2-4(6(10)11)1-5(9)3-8/h1-2H,3,7-9H2,(H,10,11)/b4-2+,5-1-. The predicted molar refractivity (Wildman–Crippen MR) is 41.2 cm³/mol. The van der Waals surface area contributed by atoms with E-state index in [0.717, 1.165) is 6.20 Å². The van der Waals surface area contributed by atoms with E-state index in [0.29, 0.717) is 0 Å². The molecule has 0 aromatic rings. The average Bonchev–Trinajstić information content (AvgIpc) is 1.99. The largest absolute Gasteiger partial charge is 0.478 e. The molecule has 0 aliphatic carbocycles. The zero-order chi connectivity index (χ0) is 8.85. The van der Waals surface area contributed by atoms with Crippen LogP contribution in [0.25, 0.3) is 0 Å². The summed E-state index contributed by atoms with van der Waals surface area (Å²) >= 11 is 0. The molecule has 0 radical (unpaired) electrons. The van der Waals surface area contributed by atoms with Gasteiger partial charge in [-0.2, -0.15) is 0 Å². The molecule has 0 aromatic carbocycles. The van der Waals surface area contributed by atoms with E-state index in [2.05, 4.69) is 0 Å². The van der Waals surface area contributed by atoms with Crippen molar-refractivity contribution < 1.29 is 9.90 Å². The van der Waals surface area contributed by atoms with Crippen LogP contribution in [0.15, 0.2) is 23.5 Å². The first-order valence-corrected chi connectivity index (χ1v) is 2.93. The minimum absolute atomic E-state index is 0.0621. The Labute approximate surface area is 64.2 Å². The second-order valence-electron chi connectivity index (χ2n) is 1.85. The lowest BCUT2D eigenvalue weighted by atomic mass is 10.2. The van der Waals surface area contributed by atoms with E-state index in [9.17, 15) is 4.79 Å². The summed E-state index contributed by atoms with van der Waals surface area (Å²) in [5.74, 6) is -1.12. The summed E-state index contributed by atoms with van der Waals surface area (Å²) in [5.41, 5.74) is 15.6. The molecule has 62 valence electrons. The molecule has 0 amide bonds. The highest BCUT2D eigenvalue weighted by Crippen LogP contribution is 1.95. The van der Waals surface area contributed by atoms with E-state index in [1.807, 2.05) is 0 Å². The number of carbonyl (C=O) groups is 1. The van der Waals surface area contributed by atoms with Crippen LogP contribution in [0, 0.1) is 0 Å². The van der Waals surface area contributed by atoms with Crippen LogP contribution in [-0.2, 0) is 4.79 Å². The number of carboxylic acid groups (broad SMARTS) is 1. The van der Waals surface area contributed by atoms with Crippen LogP contribution in [0.2, 0.25) is 0 Å². The lowest BCUT2D eigenvalue weighted by Crippen LogP contribution is -2.13. The Hall–Kier alpha value is -1.49. The lowest BCUT2D eigenvalue weighted by Gasteiger charge is -1.96. The summed E-state index contributed by atoms with van der Waals surface area (Å²) in [6.45, 7) is 0.116. The van der Waals surface area contributed by atoms with Crippen molar-refractivity contribution in [3.63, 3.8) is 0 Å². The second kappa shape index (κ2) is 4.35. The molecule has 0 rings (SSSR count). The molecule has 0 heterocycles. The van der Waals surface area contributed by atoms with Crippen LogP contribution >= 0.6 is 0 Å². The van der Waals surface area contributed by atoms with Gasteiger partial charge < -0.3 is 22.3 Å². The van der Waals surface area contributed by atoms with Gasteiger partial charge in [-0.05, 0) is 6.08 Å². The van der Waals surface area contributed by atoms with E-state index in [1.54, 1.807) is 0 Å². The Kier molecular flexibility index (Phi) is 3.76. The number of rotatable bonds is 3. The molecule has 0 aliphatic heterocycles. The van der Waals surface area contributed by atoms with Crippen molar-refractivity contribution in [1.82, 2.24) is 0 Å². The average molecular weight is 157 g/mol. The topological polar surface area (TPSA) is 115 Å². The van der Waals surface area contributed by atoms with E-state index in [4.69, 9.17) is 22.3 Å². The maximum absolute atomic E-state index is 10.3. The highest BCUT2D eigenvalue weighted by Gasteiger charge is 2.02. The van der Waals surface area contributed by atoms with Crippen molar-refractivity contribution >= 4 is 5.97 Å². The van der Waals surface area contributed by atoms with Gasteiger partial charge >= 0.3 is 5.97 Å². The van der Waals surface area contributed by atoms with E-state index < -0.39 is 5.97 Å². The number of hydrogen-bond donors (Lipinski definition) is 4. The van der Waals surface area contributed by atoms with Crippen LogP contribution in [0.3, 0.4) is 0 Å². The third-order valence-electron chi connectivity index (χ3n) is 1.00. The third-order valence-corrected chi connectivity index (χ3v) is 1.00. The van der Waals surface area contributed by atoms with Crippen LogP contribution in [0.1, 0.15) is 0 Å². The Morgan fingerprint density at radius 2 is 2.09 bits per heavy atom. The molecular formula is C6H11N3O2. The second-order valence-corrected chi connectivity index (χ2v) is 1.85. The zero-order valence-electron chi connectivity index (χ0n) is 5.95. The van der Waals surface area contributed by atoms with Crippen molar-refractivity contribution in [1.29, 1.82) is 0 Å². The smallest absolute Gasteiger partial charge is 0.337 e. The van der Waals surface area contributed by atoms with Crippen LogP contribution in [-0.4, -0.2) is 17.6 Å². The summed E-state index contributed by atoms with van der Waals surface area (Å²) in [6.07, 6.45) is 2.19. The summed E-state index contributed by atoms with van der Waals surface area (Å²) in [4.78, 5) is 10.3. The van der Waals surface area contributed by atoms with Gasteiger partial charge in [0.05, 0.1) is 5.57 Å². The van der Waals surface area contributed by atoms with Crippen LogP contribution in [0.4, 0.5) is 0 Å². The van der Waals surface area contributed by atoms with Gasteiger partial charge in [-0.25, -0.2) is 4.79 Å². The molecule has 0 saturated carbocycles. The fourth-order valence-electron chi connectivity index (χ4n) is 0.440. The molecular weight excluding hydrogens is 146 g/mol. The monoisotopic (exact) mass is 157 g/mol. The molecule has 0 unspecified atom stereocenters. The highest BCUT2D eigenvalue weighted by atomic mass is 16.4. The predicted octanol–water partition coefficient (Wildman–Crippen LogP) is -1.29. The molecule has 7 N–H and O–H groups in total. The van der Waals surface area contributed by atoms with E-state index >= 15 is 0 Å². The zero-order valence-corrected chi connectivity index (χ0v) is 5.95. The molecule has 0 aromatic heterocycles. The molecule has 0 bridgehead atoms. The van der Waals surface area contributed by atoms with E-state index in [1.165, 1.54) is 6.08 Å². The molecule has 0 saturated heterocycles. The molecule has 0 fully saturated rings. The number of carboxylic acids is 1. The maximum Gasteiger partial charge on any atom is 0.337 e. The quantitative estimate of drug-likeness (QED) is 0.300.